The van der Waals surface area contributed by atoms with Gasteiger partial charge in [-0.2, -0.15) is 4.37 Å². The van der Waals surface area contributed by atoms with Crippen LogP contribution in [-0.2, 0) is 0 Å². The van der Waals surface area contributed by atoms with Crippen molar-refractivity contribution in [3.8, 4) is 5.75 Å². The van der Waals surface area contributed by atoms with Gasteiger partial charge in [0.2, 0.25) is 5.13 Å². The van der Waals surface area contributed by atoms with Crippen molar-refractivity contribution in [2.45, 2.75) is 6.92 Å². The van der Waals surface area contributed by atoms with E-state index in [4.69, 9.17) is 4.74 Å². The average Bonchev–Trinajstić information content (AvgIpc) is 2.75. The lowest BCUT2D eigenvalue weighted by Crippen LogP contribution is -2.11. The number of methoxy groups -OCH3 is 1. The predicted molar refractivity (Wildman–Crippen MR) is 65.6 cm³/mol. The number of aryl methyl sites for hydroxylation is 1. The van der Waals surface area contributed by atoms with Crippen molar-refractivity contribution in [1.29, 1.82) is 0 Å². The molecule has 0 aliphatic heterocycles. The number of hydrogen-bond donors (Lipinski definition) is 1. The molecule has 1 aromatic heterocycles. The molecule has 0 fully saturated rings. The number of nitrogens with zero attached hydrogens (tertiary/aromatic N) is 2. The smallest absolute Gasteiger partial charge is 0.257 e. The Balaban J connectivity index is 2.09. The highest BCUT2D eigenvalue weighted by Gasteiger charge is 2.08. The van der Waals surface area contributed by atoms with E-state index in [1.165, 1.54) is 0 Å². The molecule has 0 atom stereocenters. The molecule has 0 aliphatic rings. The third-order valence-corrected chi connectivity index (χ3v) is 2.82. The SMILES string of the molecule is COc1ccc(C(=O)Nc2nc(C)ns2)cc1. The summed E-state index contributed by atoms with van der Waals surface area (Å²) in [6, 6.07) is 6.87. The lowest BCUT2D eigenvalue weighted by molar-refractivity contribution is 0.102. The van der Waals surface area contributed by atoms with Gasteiger partial charge in [0.1, 0.15) is 11.6 Å². The second-order valence-electron chi connectivity index (χ2n) is 3.33. The van der Waals surface area contributed by atoms with Crippen LogP contribution in [0.4, 0.5) is 5.13 Å². The van der Waals surface area contributed by atoms with Crippen molar-refractivity contribution in [1.82, 2.24) is 9.36 Å². The normalized spacial score (nSPS) is 10.0. The van der Waals surface area contributed by atoms with E-state index in [1.54, 1.807) is 38.3 Å². The summed E-state index contributed by atoms with van der Waals surface area (Å²) in [6.07, 6.45) is 0. The van der Waals surface area contributed by atoms with Gasteiger partial charge in [0, 0.05) is 17.1 Å². The van der Waals surface area contributed by atoms with E-state index in [2.05, 4.69) is 14.7 Å². The fourth-order valence-corrected chi connectivity index (χ4v) is 1.83. The summed E-state index contributed by atoms with van der Waals surface area (Å²) in [5.41, 5.74) is 0.554. The van der Waals surface area contributed by atoms with Gasteiger partial charge in [-0.3, -0.25) is 10.1 Å². The van der Waals surface area contributed by atoms with Gasteiger partial charge in [0.15, 0.2) is 0 Å². The third-order valence-electron chi connectivity index (χ3n) is 2.10. The Bertz CT molecular complexity index is 522. The summed E-state index contributed by atoms with van der Waals surface area (Å²) in [6.45, 7) is 1.78. The quantitative estimate of drug-likeness (QED) is 0.904. The van der Waals surface area contributed by atoms with Crippen molar-refractivity contribution >= 4 is 22.6 Å². The molecule has 0 radical (unpaired) electrons. The molecular formula is C11H11N3O2S. The van der Waals surface area contributed by atoms with E-state index < -0.39 is 0 Å². The van der Waals surface area contributed by atoms with Crippen molar-refractivity contribution in [2.24, 2.45) is 0 Å². The maximum absolute atomic E-state index is 11.8. The molecule has 0 spiro atoms. The number of ether oxygens (including phenoxy) is 1. The fourth-order valence-electron chi connectivity index (χ4n) is 1.26. The van der Waals surface area contributed by atoms with Gasteiger partial charge in [-0.25, -0.2) is 4.98 Å². The number of benzene rings is 1. The number of nitrogens with one attached hydrogen (secondary N) is 1. The van der Waals surface area contributed by atoms with E-state index in [0.29, 0.717) is 22.3 Å². The summed E-state index contributed by atoms with van der Waals surface area (Å²) in [5.74, 6) is 1.16. The number of hydrogen-bond acceptors (Lipinski definition) is 5. The second-order valence-corrected chi connectivity index (χ2v) is 4.08. The number of anilines is 1. The van der Waals surface area contributed by atoms with Crippen LogP contribution in [0.25, 0.3) is 0 Å². The molecule has 0 bridgehead atoms. The van der Waals surface area contributed by atoms with Crippen LogP contribution in [0.15, 0.2) is 24.3 Å². The van der Waals surface area contributed by atoms with Crippen molar-refractivity contribution in [3.05, 3.63) is 35.7 Å². The minimum Gasteiger partial charge on any atom is -0.497 e. The highest BCUT2D eigenvalue weighted by Crippen LogP contribution is 2.14. The standard InChI is InChI=1S/C11H11N3O2S/c1-7-12-11(17-14-7)13-10(15)8-3-5-9(16-2)6-4-8/h3-6H,1-2H3,(H,12,13,14,15). The molecule has 1 N–H and O–H groups in total. The van der Waals surface area contributed by atoms with Gasteiger partial charge in [-0.1, -0.05) is 0 Å². The van der Waals surface area contributed by atoms with Gasteiger partial charge in [-0.15, -0.1) is 0 Å². The minimum atomic E-state index is -0.205. The van der Waals surface area contributed by atoms with E-state index in [0.717, 1.165) is 11.5 Å². The summed E-state index contributed by atoms with van der Waals surface area (Å²) >= 11 is 1.16. The zero-order valence-electron chi connectivity index (χ0n) is 9.43. The lowest BCUT2D eigenvalue weighted by Gasteiger charge is -2.02. The summed E-state index contributed by atoms with van der Waals surface area (Å²) in [5, 5.41) is 3.18. The van der Waals surface area contributed by atoms with E-state index in [1.807, 2.05) is 0 Å². The van der Waals surface area contributed by atoms with Gasteiger partial charge in [0.25, 0.3) is 5.91 Å². The maximum atomic E-state index is 11.8. The third kappa shape index (κ3) is 2.79. The van der Waals surface area contributed by atoms with Crippen LogP contribution >= 0.6 is 11.5 Å². The predicted octanol–water partition coefficient (Wildman–Crippen LogP) is 2.11. The molecular weight excluding hydrogens is 238 g/mol. The van der Waals surface area contributed by atoms with Crippen LogP contribution < -0.4 is 10.1 Å². The first kappa shape index (κ1) is 11.5. The molecule has 5 nitrogen and oxygen atoms in total. The Morgan fingerprint density at radius 1 is 1.35 bits per heavy atom. The van der Waals surface area contributed by atoms with E-state index >= 15 is 0 Å². The zero-order valence-corrected chi connectivity index (χ0v) is 10.2. The number of rotatable bonds is 3. The zero-order chi connectivity index (χ0) is 12.3. The molecule has 0 saturated carbocycles. The molecule has 2 aromatic rings. The number of carbonyl (C=O) groups is 1. The van der Waals surface area contributed by atoms with Crippen LogP contribution in [-0.4, -0.2) is 22.4 Å². The van der Waals surface area contributed by atoms with Gasteiger partial charge >= 0.3 is 0 Å². The first-order valence-corrected chi connectivity index (χ1v) is 5.72. The molecule has 0 unspecified atom stereocenters. The van der Waals surface area contributed by atoms with E-state index in [9.17, 15) is 4.79 Å². The molecule has 1 heterocycles. The van der Waals surface area contributed by atoms with Gasteiger partial charge in [-0.05, 0) is 31.2 Å². The minimum absolute atomic E-state index is 0.205. The van der Waals surface area contributed by atoms with E-state index in [-0.39, 0.29) is 5.91 Å². The van der Waals surface area contributed by atoms with Gasteiger partial charge < -0.3 is 4.74 Å². The van der Waals surface area contributed by atoms with Crippen LogP contribution in [0.3, 0.4) is 0 Å². The Kier molecular flexibility index (Phi) is 3.34. The number of amides is 1. The van der Waals surface area contributed by atoms with Crippen LogP contribution in [0.1, 0.15) is 16.2 Å². The Hall–Kier alpha value is -1.95. The highest BCUT2D eigenvalue weighted by atomic mass is 32.1. The van der Waals surface area contributed by atoms with Crippen molar-refractivity contribution < 1.29 is 9.53 Å². The van der Waals surface area contributed by atoms with Crippen molar-refractivity contribution in [2.75, 3.05) is 12.4 Å². The fraction of sp³-hybridized carbons (Fsp3) is 0.182. The molecule has 2 rings (SSSR count). The lowest BCUT2D eigenvalue weighted by atomic mass is 10.2. The molecule has 6 heteroatoms. The van der Waals surface area contributed by atoms with Crippen LogP contribution in [0.2, 0.25) is 0 Å². The average molecular weight is 249 g/mol. The molecule has 1 amide bonds. The largest absolute Gasteiger partial charge is 0.497 e. The maximum Gasteiger partial charge on any atom is 0.257 e. The molecule has 17 heavy (non-hydrogen) atoms. The summed E-state index contributed by atoms with van der Waals surface area (Å²) in [7, 11) is 1.58. The Morgan fingerprint density at radius 2 is 2.06 bits per heavy atom. The Morgan fingerprint density at radius 3 is 2.59 bits per heavy atom. The van der Waals surface area contributed by atoms with Crippen LogP contribution in [0, 0.1) is 6.92 Å². The Labute approximate surface area is 103 Å². The first-order valence-electron chi connectivity index (χ1n) is 4.95. The monoisotopic (exact) mass is 249 g/mol. The molecule has 0 saturated heterocycles. The highest BCUT2D eigenvalue weighted by molar-refractivity contribution is 7.09. The number of aromatic nitrogens is 2. The molecule has 88 valence electrons. The second kappa shape index (κ2) is 4.92. The first-order chi connectivity index (χ1) is 8.19. The summed E-state index contributed by atoms with van der Waals surface area (Å²) in [4.78, 5) is 15.9. The number of carbonyl (C=O) groups excluding carboxylic acids is 1. The van der Waals surface area contributed by atoms with Gasteiger partial charge in [0.05, 0.1) is 7.11 Å². The van der Waals surface area contributed by atoms with Crippen LogP contribution in [0.5, 0.6) is 5.75 Å². The molecule has 0 aliphatic carbocycles. The summed E-state index contributed by atoms with van der Waals surface area (Å²) < 4.78 is 9.01. The molecule has 1 aromatic carbocycles. The van der Waals surface area contributed by atoms with Crippen molar-refractivity contribution in [3.63, 3.8) is 0 Å². The topological polar surface area (TPSA) is 64.1 Å².